The molecule has 1 aliphatic rings. The van der Waals surface area contributed by atoms with E-state index in [4.69, 9.17) is 5.11 Å². The zero-order valence-corrected chi connectivity index (χ0v) is 11.1. The van der Waals surface area contributed by atoms with Gasteiger partial charge >= 0.3 is 0 Å². The first-order chi connectivity index (χ1) is 9.28. The molecule has 0 unspecified atom stereocenters. The van der Waals surface area contributed by atoms with Gasteiger partial charge in [-0.05, 0) is 18.6 Å². The van der Waals surface area contributed by atoms with Gasteiger partial charge in [-0.3, -0.25) is 0 Å². The van der Waals surface area contributed by atoms with Crippen molar-refractivity contribution in [2.45, 2.75) is 19.0 Å². The van der Waals surface area contributed by atoms with Gasteiger partial charge in [-0.25, -0.2) is 4.98 Å². The summed E-state index contributed by atoms with van der Waals surface area (Å²) in [6.07, 6.45) is 5.20. The van der Waals surface area contributed by atoms with E-state index in [2.05, 4.69) is 33.1 Å². The molecule has 1 aromatic carbocycles. The highest BCUT2D eigenvalue weighted by Crippen LogP contribution is 2.18. The van der Waals surface area contributed by atoms with E-state index in [0.717, 1.165) is 29.8 Å². The molecule has 2 N–H and O–H groups in total. The third kappa shape index (κ3) is 2.41. The maximum absolute atomic E-state index is 9.11. The van der Waals surface area contributed by atoms with E-state index in [1.165, 1.54) is 0 Å². The Morgan fingerprint density at radius 2 is 2.21 bits per heavy atom. The van der Waals surface area contributed by atoms with Crippen LogP contribution in [0.25, 0.3) is 11.0 Å². The van der Waals surface area contributed by atoms with E-state index in [0.29, 0.717) is 12.0 Å². The second kappa shape index (κ2) is 5.15. The number of para-hydroxylation sites is 2. The molecule has 2 aromatic rings. The average molecular weight is 257 g/mol. The molecule has 0 spiro atoms. The minimum atomic E-state index is 0.237. The van der Waals surface area contributed by atoms with Crippen LogP contribution < -0.4 is 5.32 Å². The first-order valence-electron chi connectivity index (χ1n) is 6.71. The van der Waals surface area contributed by atoms with Crippen LogP contribution in [0.2, 0.25) is 0 Å². The molecule has 0 aliphatic heterocycles. The first-order valence-corrected chi connectivity index (χ1v) is 6.71. The molecule has 0 saturated heterocycles. The normalized spacial score (nSPS) is 22.4. The van der Waals surface area contributed by atoms with Gasteiger partial charge in [0.1, 0.15) is 5.82 Å². The Balaban J connectivity index is 1.69. The summed E-state index contributed by atoms with van der Waals surface area (Å²) in [4.78, 5) is 4.64. The molecule has 1 aliphatic carbocycles. The second-order valence-electron chi connectivity index (χ2n) is 5.13. The van der Waals surface area contributed by atoms with Crippen molar-refractivity contribution < 1.29 is 5.11 Å². The molecule has 3 rings (SSSR count). The Kier molecular flexibility index (Phi) is 3.36. The van der Waals surface area contributed by atoms with Gasteiger partial charge in [-0.1, -0.05) is 24.3 Å². The quantitative estimate of drug-likeness (QED) is 0.818. The second-order valence-corrected chi connectivity index (χ2v) is 5.13. The van der Waals surface area contributed by atoms with Crippen molar-refractivity contribution in [3.05, 3.63) is 42.2 Å². The standard InChI is InChI=1S/C15H19N3O/c1-18-14-5-3-2-4-13(14)17-15(18)9-16-12-7-6-11(8-12)10-19/h2-7,11-12,16,19H,8-10H2,1H3/t11-,12+/m0/s1. The molecule has 2 atom stereocenters. The van der Waals surface area contributed by atoms with Crippen LogP contribution in [0.5, 0.6) is 0 Å². The van der Waals surface area contributed by atoms with Gasteiger partial charge in [-0.15, -0.1) is 0 Å². The Morgan fingerprint density at radius 3 is 2.95 bits per heavy atom. The Labute approximate surface area is 112 Å². The maximum atomic E-state index is 9.11. The monoisotopic (exact) mass is 257 g/mol. The fourth-order valence-corrected chi connectivity index (χ4v) is 2.64. The Morgan fingerprint density at radius 1 is 1.37 bits per heavy atom. The number of nitrogens with zero attached hydrogens (tertiary/aromatic N) is 2. The fraction of sp³-hybridized carbons (Fsp3) is 0.400. The highest BCUT2D eigenvalue weighted by Gasteiger charge is 2.18. The lowest BCUT2D eigenvalue weighted by molar-refractivity contribution is 0.246. The molecule has 0 amide bonds. The van der Waals surface area contributed by atoms with E-state index in [9.17, 15) is 0 Å². The summed E-state index contributed by atoms with van der Waals surface area (Å²) >= 11 is 0. The van der Waals surface area contributed by atoms with E-state index in [1.54, 1.807) is 0 Å². The molecular weight excluding hydrogens is 238 g/mol. The Hall–Kier alpha value is -1.65. The van der Waals surface area contributed by atoms with Crippen LogP contribution in [0.1, 0.15) is 12.2 Å². The summed E-state index contributed by atoms with van der Waals surface area (Å²) in [6.45, 7) is 0.985. The van der Waals surface area contributed by atoms with Crippen LogP contribution in [-0.4, -0.2) is 27.3 Å². The molecule has 0 fully saturated rings. The van der Waals surface area contributed by atoms with Gasteiger partial charge in [-0.2, -0.15) is 0 Å². The van der Waals surface area contributed by atoms with Crippen LogP contribution in [0.3, 0.4) is 0 Å². The lowest BCUT2D eigenvalue weighted by atomic mass is 10.1. The van der Waals surface area contributed by atoms with Crippen molar-refractivity contribution in [1.29, 1.82) is 0 Å². The molecule has 4 nitrogen and oxygen atoms in total. The number of fused-ring (bicyclic) bond motifs is 1. The van der Waals surface area contributed by atoms with Crippen LogP contribution in [-0.2, 0) is 13.6 Å². The van der Waals surface area contributed by atoms with Crippen molar-refractivity contribution in [2.24, 2.45) is 13.0 Å². The minimum absolute atomic E-state index is 0.237. The first kappa shape index (κ1) is 12.4. The summed E-state index contributed by atoms with van der Waals surface area (Å²) in [6, 6.07) is 8.52. The van der Waals surface area contributed by atoms with Crippen molar-refractivity contribution in [2.75, 3.05) is 6.61 Å². The van der Waals surface area contributed by atoms with Crippen molar-refractivity contribution >= 4 is 11.0 Å². The zero-order valence-electron chi connectivity index (χ0n) is 11.1. The summed E-state index contributed by atoms with van der Waals surface area (Å²) in [5.74, 6) is 1.35. The van der Waals surface area contributed by atoms with Crippen LogP contribution >= 0.6 is 0 Å². The van der Waals surface area contributed by atoms with Crippen molar-refractivity contribution in [1.82, 2.24) is 14.9 Å². The summed E-state index contributed by atoms with van der Waals surface area (Å²) in [5, 5.41) is 12.6. The van der Waals surface area contributed by atoms with E-state index < -0.39 is 0 Å². The van der Waals surface area contributed by atoms with E-state index in [1.807, 2.05) is 25.2 Å². The number of hydrogen-bond acceptors (Lipinski definition) is 3. The van der Waals surface area contributed by atoms with Gasteiger partial charge in [0, 0.05) is 25.6 Å². The summed E-state index contributed by atoms with van der Waals surface area (Å²) < 4.78 is 2.13. The summed E-state index contributed by atoms with van der Waals surface area (Å²) in [7, 11) is 2.05. The highest BCUT2D eigenvalue weighted by molar-refractivity contribution is 5.75. The lowest BCUT2D eigenvalue weighted by Gasteiger charge is -2.12. The number of rotatable bonds is 4. The number of aliphatic hydroxyl groups excluding tert-OH is 1. The molecule has 100 valence electrons. The predicted molar refractivity (Wildman–Crippen MR) is 75.7 cm³/mol. The Bertz CT molecular complexity index is 602. The molecule has 0 saturated carbocycles. The molecular formula is C15H19N3O. The SMILES string of the molecule is Cn1c(CN[C@@H]2C=C[C@H](CO)C2)nc2ccccc21. The van der Waals surface area contributed by atoms with Gasteiger partial charge in [0.05, 0.1) is 17.6 Å². The number of nitrogens with one attached hydrogen (secondary N) is 1. The minimum Gasteiger partial charge on any atom is -0.396 e. The van der Waals surface area contributed by atoms with E-state index >= 15 is 0 Å². The highest BCUT2D eigenvalue weighted by atomic mass is 16.3. The predicted octanol–water partition coefficient (Wildman–Crippen LogP) is 1.60. The zero-order chi connectivity index (χ0) is 13.2. The van der Waals surface area contributed by atoms with Gasteiger partial charge in [0.15, 0.2) is 0 Å². The molecule has 1 aromatic heterocycles. The molecule has 1 heterocycles. The smallest absolute Gasteiger partial charge is 0.123 e. The van der Waals surface area contributed by atoms with Crippen molar-refractivity contribution in [3.63, 3.8) is 0 Å². The molecule has 0 bridgehead atoms. The topological polar surface area (TPSA) is 50.1 Å². The van der Waals surface area contributed by atoms with Crippen molar-refractivity contribution in [3.8, 4) is 0 Å². The average Bonchev–Trinajstić information content (AvgIpc) is 3.02. The van der Waals surface area contributed by atoms with Gasteiger partial charge < -0.3 is 15.0 Å². The number of hydrogen-bond donors (Lipinski definition) is 2. The molecule has 19 heavy (non-hydrogen) atoms. The number of aryl methyl sites for hydroxylation is 1. The van der Waals surface area contributed by atoms with Crippen LogP contribution in [0.4, 0.5) is 0 Å². The number of aromatic nitrogens is 2. The van der Waals surface area contributed by atoms with Gasteiger partial charge in [0.2, 0.25) is 0 Å². The fourth-order valence-electron chi connectivity index (χ4n) is 2.64. The third-order valence-corrected chi connectivity index (χ3v) is 3.81. The molecule has 0 radical (unpaired) electrons. The molecule has 4 heteroatoms. The lowest BCUT2D eigenvalue weighted by Crippen LogP contribution is -2.27. The van der Waals surface area contributed by atoms with E-state index in [-0.39, 0.29) is 6.61 Å². The number of aliphatic hydroxyl groups is 1. The third-order valence-electron chi connectivity index (χ3n) is 3.81. The maximum Gasteiger partial charge on any atom is 0.123 e. The number of imidazole rings is 1. The van der Waals surface area contributed by atoms with Gasteiger partial charge in [0.25, 0.3) is 0 Å². The van der Waals surface area contributed by atoms with Crippen LogP contribution in [0.15, 0.2) is 36.4 Å². The number of benzene rings is 1. The summed E-state index contributed by atoms with van der Waals surface area (Å²) in [5.41, 5.74) is 2.20. The largest absolute Gasteiger partial charge is 0.396 e. The van der Waals surface area contributed by atoms with Crippen LogP contribution in [0, 0.1) is 5.92 Å².